The molecule has 1 atom stereocenters. The van der Waals surface area contributed by atoms with Crippen LogP contribution in [0.15, 0.2) is 0 Å². The van der Waals surface area contributed by atoms with E-state index in [9.17, 15) is 0 Å². The molecule has 0 spiro atoms. The molecule has 0 aliphatic carbocycles. The van der Waals surface area contributed by atoms with Crippen molar-refractivity contribution in [1.82, 2.24) is 0 Å². The van der Waals surface area contributed by atoms with E-state index in [4.69, 9.17) is 4.74 Å². The van der Waals surface area contributed by atoms with Gasteiger partial charge in [0.1, 0.15) is 0 Å². The Labute approximate surface area is 135 Å². The lowest BCUT2D eigenvalue weighted by atomic mass is 10.0. The van der Waals surface area contributed by atoms with Gasteiger partial charge in [0.15, 0.2) is 0 Å². The highest BCUT2D eigenvalue weighted by Crippen LogP contribution is 2.13. The summed E-state index contributed by atoms with van der Waals surface area (Å²) < 4.78 is 5.78. The minimum absolute atomic E-state index is 0.472. The predicted molar refractivity (Wildman–Crippen MR) is 96.0 cm³/mol. The van der Waals surface area contributed by atoms with E-state index in [-0.39, 0.29) is 0 Å². The molecule has 0 aromatic rings. The largest absolute Gasteiger partial charge is 0.379 e. The average Bonchev–Trinajstić information content (AvgIpc) is 2.48. The Morgan fingerprint density at radius 1 is 0.571 bits per heavy atom. The van der Waals surface area contributed by atoms with Gasteiger partial charge in [-0.2, -0.15) is 0 Å². The summed E-state index contributed by atoms with van der Waals surface area (Å²) in [5, 5.41) is 0. The zero-order valence-electron chi connectivity index (χ0n) is 15.3. The van der Waals surface area contributed by atoms with Gasteiger partial charge in [-0.05, 0) is 19.8 Å². The molecular formula is C20H42O. The average molecular weight is 299 g/mol. The Hall–Kier alpha value is -0.0400. The van der Waals surface area contributed by atoms with E-state index in [2.05, 4.69) is 20.8 Å². The number of unbranched alkanes of at least 4 members (excludes halogenated alkanes) is 12. The van der Waals surface area contributed by atoms with Crippen LogP contribution in [0, 0.1) is 0 Å². The van der Waals surface area contributed by atoms with Crippen molar-refractivity contribution in [3.8, 4) is 0 Å². The highest BCUT2D eigenvalue weighted by molar-refractivity contribution is 4.53. The van der Waals surface area contributed by atoms with Crippen LogP contribution < -0.4 is 0 Å². The van der Waals surface area contributed by atoms with Crippen molar-refractivity contribution in [2.45, 2.75) is 123 Å². The third-order valence-electron chi connectivity index (χ3n) is 4.36. The van der Waals surface area contributed by atoms with Gasteiger partial charge in [0.2, 0.25) is 0 Å². The maximum atomic E-state index is 5.78. The van der Waals surface area contributed by atoms with Crippen LogP contribution in [0.25, 0.3) is 0 Å². The Morgan fingerprint density at radius 2 is 1.00 bits per heavy atom. The van der Waals surface area contributed by atoms with E-state index >= 15 is 0 Å². The van der Waals surface area contributed by atoms with Gasteiger partial charge >= 0.3 is 0 Å². The number of hydrogen-bond donors (Lipinski definition) is 0. The van der Waals surface area contributed by atoms with Crippen molar-refractivity contribution in [3.05, 3.63) is 0 Å². The van der Waals surface area contributed by atoms with Crippen molar-refractivity contribution in [3.63, 3.8) is 0 Å². The molecule has 0 saturated carbocycles. The fraction of sp³-hybridized carbons (Fsp3) is 1.00. The highest BCUT2D eigenvalue weighted by atomic mass is 16.5. The standard InChI is InChI=1S/C20H42O/c1-4-6-8-9-10-11-12-13-14-15-16-17-18-20(3)21-19-7-5-2/h20H,4-19H2,1-3H3. The van der Waals surface area contributed by atoms with Crippen molar-refractivity contribution < 1.29 is 4.74 Å². The second kappa shape index (κ2) is 18.0. The van der Waals surface area contributed by atoms with Crippen LogP contribution in [0.3, 0.4) is 0 Å². The molecular weight excluding hydrogens is 256 g/mol. The number of rotatable bonds is 17. The third kappa shape index (κ3) is 17.9. The summed E-state index contributed by atoms with van der Waals surface area (Å²) >= 11 is 0. The topological polar surface area (TPSA) is 9.23 Å². The normalized spacial score (nSPS) is 12.7. The lowest BCUT2D eigenvalue weighted by Gasteiger charge is -2.12. The zero-order valence-corrected chi connectivity index (χ0v) is 15.3. The first-order valence-electron chi connectivity index (χ1n) is 9.92. The molecule has 0 aromatic heterocycles. The van der Waals surface area contributed by atoms with Gasteiger partial charge in [0.05, 0.1) is 6.10 Å². The molecule has 0 aliphatic rings. The first-order valence-corrected chi connectivity index (χ1v) is 9.92. The van der Waals surface area contributed by atoms with Gasteiger partial charge in [-0.25, -0.2) is 0 Å². The van der Waals surface area contributed by atoms with Crippen LogP contribution in [0.1, 0.15) is 117 Å². The van der Waals surface area contributed by atoms with Gasteiger partial charge in [-0.3, -0.25) is 0 Å². The van der Waals surface area contributed by atoms with Crippen LogP contribution in [-0.4, -0.2) is 12.7 Å². The van der Waals surface area contributed by atoms with Crippen LogP contribution >= 0.6 is 0 Å². The monoisotopic (exact) mass is 298 g/mol. The molecule has 0 aromatic carbocycles. The molecule has 0 saturated heterocycles. The van der Waals surface area contributed by atoms with Gasteiger partial charge in [-0.1, -0.05) is 97.3 Å². The van der Waals surface area contributed by atoms with E-state index in [0.717, 1.165) is 6.61 Å². The van der Waals surface area contributed by atoms with Crippen molar-refractivity contribution >= 4 is 0 Å². The molecule has 1 unspecified atom stereocenters. The molecule has 0 rings (SSSR count). The van der Waals surface area contributed by atoms with Gasteiger partial charge < -0.3 is 4.74 Å². The minimum atomic E-state index is 0.472. The van der Waals surface area contributed by atoms with Crippen LogP contribution in [-0.2, 0) is 4.74 Å². The highest BCUT2D eigenvalue weighted by Gasteiger charge is 2.01. The smallest absolute Gasteiger partial charge is 0.0547 e. The van der Waals surface area contributed by atoms with Crippen molar-refractivity contribution in [2.75, 3.05) is 6.61 Å². The summed E-state index contributed by atoms with van der Waals surface area (Å²) in [6.45, 7) is 7.70. The Morgan fingerprint density at radius 3 is 1.48 bits per heavy atom. The predicted octanol–water partition coefficient (Wildman–Crippen LogP) is 7.28. The molecule has 0 radical (unpaired) electrons. The Bertz CT molecular complexity index is 179. The van der Waals surface area contributed by atoms with Crippen LogP contribution in [0.2, 0.25) is 0 Å². The molecule has 0 heterocycles. The van der Waals surface area contributed by atoms with Gasteiger partial charge in [0, 0.05) is 6.61 Å². The Kier molecular flexibility index (Phi) is 18.0. The number of hydrogen-bond acceptors (Lipinski definition) is 1. The van der Waals surface area contributed by atoms with Crippen molar-refractivity contribution in [1.29, 1.82) is 0 Å². The second-order valence-electron chi connectivity index (χ2n) is 6.71. The SMILES string of the molecule is CCCCCCCCCCCCCCC(C)OCCCC. The molecule has 0 amide bonds. The third-order valence-corrected chi connectivity index (χ3v) is 4.36. The quantitative estimate of drug-likeness (QED) is 0.256. The molecule has 0 N–H and O–H groups in total. The molecule has 21 heavy (non-hydrogen) atoms. The van der Waals surface area contributed by atoms with E-state index < -0.39 is 0 Å². The summed E-state index contributed by atoms with van der Waals surface area (Å²) in [4.78, 5) is 0. The fourth-order valence-electron chi connectivity index (χ4n) is 2.78. The van der Waals surface area contributed by atoms with Crippen molar-refractivity contribution in [2.24, 2.45) is 0 Å². The summed E-state index contributed by atoms with van der Waals surface area (Å²) in [7, 11) is 0. The van der Waals surface area contributed by atoms with E-state index in [0.29, 0.717) is 6.10 Å². The Balaban J connectivity index is 3.05. The first-order chi connectivity index (χ1) is 10.3. The molecule has 0 bridgehead atoms. The van der Waals surface area contributed by atoms with Gasteiger partial charge in [-0.15, -0.1) is 0 Å². The lowest BCUT2D eigenvalue weighted by molar-refractivity contribution is 0.0565. The van der Waals surface area contributed by atoms with Crippen LogP contribution in [0.5, 0.6) is 0 Å². The van der Waals surface area contributed by atoms with E-state index in [1.54, 1.807) is 0 Å². The first kappa shape index (κ1) is 21.0. The number of ether oxygens (including phenoxy) is 1. The maximum absolute atomic E-state index is 5.78. The van der Waals surface area contributed by atoms with E-state index in [1.807, 2.05) is 0 Å². The van der Waals surface area contributed by atoms with E-state index in [1.165, 1.54) is 96.3 Å². The lowest BCUT2D eigenvalue weighted by Crippen LogP contribution is -2.08. The minimum Gasteiger partial charge on any atom is -0.379 e. The molecule has 1 nitrogen and oxygen atoms in total. The summed E-state index contributed by atoms with van der Waals surface area (Å²) in [5.74, 6) is 0. The molecule has 128 valence electrons. The molecule has 1 heteroatoms. The summed E-state index contributed by atoms with van der Waals surface area (Å²) in [5.41, 5.74) is 0. The summed E-state index contributed by atoms with van der Waals surface area (Å²) in [6.07, 6.45) is 21.4. The zero-order chi connectivity index (χ0) is 15.6. The summed E-state index contributed by atoms with van der Waals surface area (Å²) in [6, 6.07) is 0. The fourth-order valence-corrected chi connectivity index (χ4v) is 2.78. The maximum Gasteiger partial charge on any atom is 0.0547 e. The second-order valence-corrected chi connectivity index (χ2v) is 6.71. The van der Waals surface area contributed by atoms with Crippen LogP contribution in [0.4, 0.5) is 0 Å². The molecule has 0 fully saturated rings. The van der Waals surface area contributed by atoms with Gasteiger partial charge in [0.25, 0.3) is 0 Å². The molecule has 0 aliphatic heterocycles.